The van der Waals surface area contributed by atoms with Crippen LogP contribution in [0.3, 0.4) is 0 Å². The molecule has 0 radical (unpaired) electrons. The van der Waals surface area contributed by atoms with Gasteiger partial charge in [-0.25, -0.2) is 4.98 Å². The summed E-state index contributed by atoms with van der Waals surface area (Å²) in [6.45, 7) is 3.97. The van der Waals surface area contributed by atoms with Crippen LogP contribution >= 0.6 is 0 Å². The fraction of sp³-hybridized carbons (Fsp3) is 0.368. The number of aromatic nitrogens is 2. The maximum atomic E-state index is 13.0. The maximum Gasteiger partial charge on any atom is 0.257 e. The molecular formula is C19H22N4O2. The number of carbonyl (C=O) groups excluding carboxylic acids is 1. The Kier molecular flexibility index (Phi) is 4.05. The van der Waals surface area contributed by atoms with Gasteiger partial charge in [-0.15, -0.1) is 0 Å². The zero-order valence-corrected chi connectivity index (χ0v) is 14.3. The average molecular weight is 338 g/mol. The number of likely N-dealkylation sites (tertiary alicyclic amines) is 1. The third-order valence-corrected chi connectivity index (χ3v) is 4.91. The largest absolute Gasteiger partial charge is 0.467 e. The van der Waals surface area contributed by atoms with E-state index in [1.165, 1.54) is 6.26 Å². The molecule has 4 rings (SSSR count). The van der Waals surface area contributed by atoms with E-state index in [-0.39, 0.29) is 11.9 Å². The minimum Gasteiger partial charge on any atom is -0.467 e. The fourth-order valence-electron chi connectivity index (χ4n) is 3.72. The lowest BCUT2D eigenvalue weighted by atomic mass is 10.2. The molecular weight excluding hydrogens is 316 g/mol. The lowest BCUT2D eigenvalue weighted by molar-refractivity contribution is 0.0727. The normalized spacial score (nSPS) is 17.5. The highest BCUT2D eigenvalue weighted by Gasteiger charge is 2.34. The molecule has 6 nitrogen and oxygen atoms in total. The summed E-state index contributed by atoms with van der Waals surface area (Å²) < 4.78 is 7.55. The van der Waals surface area contributed by atoms with Crippen LogP contribution in [0.4, 0.5) is 0 Å². The smallest absolute Gasteiger partial charge is 0.257 e. The molecule has 1 aromatic carbocycles. The summed E-state index contributed by atoms with van der Waals surface area (Å²) >= 11 is 0. The van der Waals surface area contributed by atoms with E-state index in [1.54, 1.807) is 6.07 Å². The van der Waals surface area contributed by atoms with Crippen molar-refractivity contribution in [2.24, 2.45) is 5.73 Å². The molecule has 1 fully saturated rings. The van der Waals surface area contributed by atoms with Gasteiger partial charge in [0.15, 0.2) is 0 Å². The number of nitrogens with two attached hydrogens (primary N) is 1. The number of nitrogens with zero attached hydrogens (tertiary/aromatic N) is 3. The number of para-hydroxylation sites is 2. The number of benzene rings is 1. The zero-order valence-electron chi connectivity index (χ0n) is 14.3. The summed E-state index contributed by atoms with van der Waals surface area (Å²) in [6.07, 6.45) is 3.41. The second-order valence-corrected chi connectivity index (χ2v) is 6.37. The second-order valence-electron chi connectivity index (χ2n) is 6.37. The van der Waals surface area contributed by atoms with Crippen LogP contribution in [0.15, 0.2) is 41.0 Å². The van der Waals surface area contributed by atoms with Gasteiger partial charge in [-0.3, -0.25) is 4.79 Å². The number of hydrogen-bond donors (Lipinski definition) is 1. The van der Waals surface area contributed by atoms with E-state index in [0.29, 0.717) is 17.9 Å². The molecule has 130 valence electrons. The molecule has 0 spiro atoms. The van der Waals surface area contributed by atoms with Crippen LogP contribution in [0.1, 0.15) is 47.7 Å². The molecule has 0 saturated carbocycles. The van der Waals surface area contributed by atoms with Crippen molar-refractivity contribution in [1.82, 2.24) is 14.5 Å². The Hall–Kier alpha value is -2.60. The van der Waals surface area contributed by atoms with Crippen LogP contribution in [0.2, 0.25) is 0 Å². The van der Waals surface area contributed by atoms with Crippen molar-refractivity contribution < 1.29 is 9.21 Å². The molecule has 1 aliphatic rings. The monoisotopic (exact) mass is 338 g/mol. The maximum absolute atomic E-state index is 13.0. The van der Waals surface area contributed by atoms with Gasteiger partial charge < -0.3 is 19.6 Å². The molecule has 0 aliphatic carbocycles. The predicted molar refractivity (Wildman–Crippen MR) is 95.0 cm³/mol. The van der Waals surface area contributed by atoms with Gasteiger partial charge >= 0.3 is 0 Å². The Balaban J connectivity index is 1.71. The van der Waals surface area contributed by atoms with Gasteiger partial charge in [0.25, 0.3) is 5.91 Å². The summed E-state index contributed by atoms with van der Waals surface area (Å²) in [4.78, 5) is 19.7. The van der Waals surface area contributed by atoms with Crippen LogP contribution in [-0.4, -0.2) is 26.9 Å². The minimum atomic E-state index is -0.0133. The van der Waals surface area contributed by atoms with Crippen molar-refractivity contribution in [1.29, 1.82) is 0 Å². The standard InChI is InChI=1S/C19H22N4O2/c1-2-22-16-7-4-3-6-15(16)21-18(22)17-8-5-9-23(17)19(24)13-10-14(11-20)25-12-13/h3-4,6-7,10,12,17H,2,5,8-9,11,20H2,1H3. The summed E-state index contributed by atoms with van der Waals surface area (Å²) in [6, 6.07) is 9.86. The first-order valence-electron chi connectivity index (χ1n) is 8.76. The third-order valence-electron chi connectivity index (χ3n) is 4.91. The van der Waals surface area contributed by atoms with Gasteiger partial charge in [-0.05, 0) is 38.0 Å². The molecule has 1 amide bonds. The van der Waals surface area contributed by atoms with Gasteiger partial charge in [-0.1, -0.05) is 12.1 Å². The van der Waals surface area contributed by atoms with Crippen LogP contribution < -0.4 is 5.73 Å². The van der Waals surface area contributed by atoms with E-state index in [9.17, 15) is 4.79 Å². The summed E-state index contributed by atoms with van der Waals surface area (Å²) in [5.74, 6) is 1.58. The SMILES string of the molecule is CCn1c(C2CCCN2C(=O)c2coc(CN)c2)nc2ccccc21. The number of furan rings is 1. The summed E-state index contributed by atoms with van der Waals surface area (Å²) in [7, 11) is 0. The molecule has 1 saturated heterocycles. The van der Waals surface area contributed by atoms with Gasteiger partial charge in [-0.2, -0.15) is 0 Å². The molecule has 6 heteroatoms. The van der Waals surface area contributed by atoms with E-state index in [0.717, 1.165) is 42.8 Å². The van der Waals surface area contributed by atoms with Crippen LogP contribution in [0.5, 0.6) is 0 Å². The van der Waals surface area contributed by atoms with E-state index in [1.807, 2.05) is 23.1 Å². The average Bonchev–Trinajstić information content (AvgIpc) is 3.37. The second kappa shape index (κ2) is 6.37. The summed E-state index contributed by atoms with van der Waals surface area (Å²) in [5.41, 5.74) is 8.24. The molecule has 25 heavy (non-hydrogen) atoms. The number of rotatable bonds is 4. The van der Waals surface area contributed by atoms with Crippen molar-refractivity contribution in [3.63, 3.8) is 0 Å². The number of carbonyl (C=O) groups is 1. The number of hydrogen-bond acceptors (Lipinski definition) is 4. The predicted octanol–water partition coefficient (Wildman–Crippen LogP) is 3.09. The van der Waals surface area contributed by atoms with E-state index in [2.05, 4.69) is 17.6 Å². The Morgan fingerprint density at radius 2 is 2.24 bits per heavy atom. The molecule has 1 unspecified atom stereocenters. The van der Waals surface area contributed by atoms with Crippen LogP contribution in [0.25, 0.3) is 11.0 Å². The highest BCUT2D eigenvalue weighted by atomic mass is 16.3. The number of imidazole rings is 1. The number of amides is 1. The molecule has 3 heterocycles. The van der Waals surface area contributed by atoms with Crippen molar-refractivity contribution in [2.75, 3.05) is 6.54 Å². The summed E-state index contributed by atoms with van der Waals surface area (Å²) in [5, 5.41) is 0. The van der Waals surface area contributed by atoms with Crippen molar-refractivity contribution in [2.45, 2.75) is 38.9 Å². The number of fused-ring (bicyclic) bond motifs is 1. The first-order chi connectivity index (χ1) is 12.2. The molecule has 1 atom stereocenters. The van der Waals surface area contributed by atoms with E-state index < -0.39 is 0 Å². The first kappa shape index (κ1) is 15.9. The Bertz CT molecular complexity index is 911. The quantitative estimate of drug-likeness (QED) is 0.793. The topological polar surface area (TPSA) is 77.3 Å². The van der Waals surface area contributed by atoms with Crippen molar-refractivity contribution in [3.05, 3.63) is 53.7 Å². The van der Waals surface area contributed by atoms with E-state index in [4.69, 9.17) is 15.1 Å². The van der Waals surface area contributed by atoms with Gasteiger partial charge in [0.05, 0.1) is 29.2 Å². The Morgan fingerprint density at radius 1 is 1.40 bits per heavy atom. The van der Waals surface area contributed by atoms with Crippen LogP contribution in [0, 0.1) is 0 Å². The fourth-order valence-corrected chi connectivity index (χ4v) is 3.72. The van der Waals surface area contributed by atoms with Crippen molar-refractivity contribution in [3.8, 4) is 0 Å². The van der Waals surface area contributed by atoms with Gasteiger partial charge in [0.2, 0.25) is 0 Å². The first-order valence-corrected chi connectivity index (χ1v) is 8.76. The molecule has 2 aromatic heterocycles. The highest BCUT2D eigenvalue weighted by molar-refractivity contribution is 5.94. The van der Waals surface area contributed by atoms with Crippen molar-refractivity contribution >= 4 is 16.9 Å². The third kappa shape index (κ3) is 2.62. The van der Waals surface area contributed by atoms with Crippen LogP contribution in [-0.2, 0) is 13.1 Å². The molecule has 1 aliphatic heterocycles. The van der Waals surface area contributed by atoms with E-state index >= 15 is 0 Å². The highest BCUT2D eigenvalue weighted by Crippen LogP contribution is 2.34. The van der Waals surface area contributed by atoms with Gasteiger partial charge in [0, 0.05) is 13.1 Å². The molecule has 2 N–H and O–H groups in total. The number of aryl methyl sites for hydroxylation is 1. The Morgan fingerprint density at radius 3 is 3.00 bits per heavy atom. The molecule has 3 aromatic rings. The lowest BCUT2D eigenvalue weighted by Crippen LogP contribution is -2.31. The van der Waals surface area contributed by atoms with Gasteiger partial charge in [0.1, 0.15) is 17.8 Å². The Labute approximate surface area is 146 Å². The minimum absolute atomic E-state index is 0.00363. The zero-order chi connectivity index (χ0) is 17.4. The lowest BCUT2D eigenvalue weighted by Gasteiger charge is -2.24. The molecule has 0 bridgehead atoms.